The van der Waals surface area contributed by atoms with Crippen molar-refractivity contribution < 1.29 is 9.90 Å². The molecule has 4 nitrogen and oxygen atoms in total. The molecule has 0 radical (unpaired) electrons. The summed E-state index contributed by atoms with van der Waals surface area (Å²) in [4.78, 5) is 17.5. The van der Waals surface area contributed by atoms with E-state index in [0.717, 1.165) is 16.5 Å². The largest absolute Gasteiger partial charge is 0.392 e. The molecule has 1 aromatic heterocycles. The molecule has 0 saturated heterocycles. The molecule has 2 rings (SSSR count). The minimum atomic E-state index is -0.512. The van der Waals surface area contributed by atoms with Crippen LogP contribution in [-0.2, 0) is 11.2 Å². The molecule has 1 unspecified atom stereocenters. The lowest BCUT2D eigenvalue weighted by Gasteiger charge is -2.28. The van der Waals surface area contributed by atoms with E-state index < -0.39 is 6.10 Å². The first-order valence-electron chi connectivity index (χ1n) is 7.43. The van der Waals surface area contributed by atoms with Crippen LogP contribution in [0.2, 0.25) is 0 Å². The molecule has 1 heterocycles. The van der Waals surface area contributed by atoms with Gasteiger partial charge in [-0.2, -0.15) is 0 Å². The first kappa shape index (κ1) is 15.6. The Morgan fingerprint density at radius 2 is 2.05 bits per heavy atom. The summed E-state index contributed by atoms with van der Waals surface area (Å²) in [7, 11) is 0. The highest BCUT2D eigenvalue weighted by Crippen LogP contribution is 2.22. The maximum atomic E-state index is 12.5. The molecule has 1 amide bonds. The van der Waals surface area contributed by atoms with Crippen LogP contribution in [0, 0.1) is 6.92 Å². The Labute approximate surface area is 125 Å². The standard InChI is InChI=1S/C17H24N2O2/c1-11(2)19(10-13(4)20)16(21)8-14-9-18-17-12(3)6-5-7-15(14)17/h5-7,9,11,13,18,20H,8,10H2,1-4H3. The minimum absolute atomic E-state index is 0.0494. The number of amides is 1. The number of aryl methyl sites for hydroxylation is 1. The fraction of sp³-hybridized carbons (Fsp3) is 0.471. The summed E-state index contributed by atoms with van der Waals surface area (Å²) in [6.45, 7) is 8.08. The third kappa shape index (κ3) is 3.45. The van der Waals surface area contributed by atoms with Gasteiger partial charge in [-0.3, -0.25) is 4.79 Å². The summed E-state index contributed by atoms with van der Waals surface area (Å²) in [5.74, 6) is 0.0494. The van der Waals surface area contributed by atoms with Gasteiger partial charge in [-0.05, 0) is 38.8 Å². The third-order valence-corrected chi connectivity index (χ3v) is 3.76. The number of hydrogen-bond acceptors (Lipinski definition) is 2. The van der Waals surface area contributed by atoms with E-state index in [4.69, 9.17) is 0 Å². The molecule has 0 bridgehead atoms. The number of rotatable bonds is 5. The monoisotopic (exact) mass is 288 g/mol. The molecule has 2 N–H and O–H groups in total. The molecule has 0 saturated carbocycles. The van der Waals surface area contributed by atoms with Crippen LogP contribution in [0.3, 0.4) is 0 Å². The number of nitrogens with one attached hydrogen (secondary N) is 1. The number of benzene rings is 1. The zero-order valence-corrected chi connectivity index (χ0v) is 13.2. The van der Waals surface area contributed by atoms with Crippen LogP contribution in [0.4, 0.5) is 0 Å². The second-order valence-electron chi connectivity index (χ2n) is 5.98. The molecule has 0 aliphatic rings. The van der Waals surface area contributed by atoms with Gasteiger partial charge in [-0.25, -0.2) is 0 Å². The second-order valence-corrected chi connectivity index (χ2v) is 5.98. The van der Waals surface area contributed by atoms with Crippen molar-refractivity contribution in [3.05, 3.63) is 35.5 Å². The number of aromatic amines is 1. The number of fused-ring (bicyclic) bond motifs is 1. The van der Waals surface area contributed by atoms with E-state index in [2.05, 4.69) is 18.0 Å². The zero-order valence-electron chi connectivity index (χ0n) is 13.2. The molecule has 2 aromatic rings. The number of carbonyl (C=O) groups excluding carboxylic acids is 1. The van der Waals surface area contributed by atoms with Crippen molar-refractivity contribution >= 4 is 16.8 Å². The maximum Gasteiger partial charge on any atom is 0.227 e. The summed E-state index contributed by atoms with van der Waals surface area (Å²) < 4.78 is 0. The highest BCUT2D eigenvalue weighted by atomic mass is 16.3. The first-order chi connectivity index (χ1) is 9.90. The highest BCUT2D eigenvalue weighted by molar-refractivity contribution is 5.90. The quantitative estimate of drug-likeness (QED) is 0.888. The Morgan fingerprint density at radius 1 is 1.33 bits per heavy atom. The summed E-state index contributed by atoms with van der Waals surface area (Å²) in [6.07, 6.45) is 1.76. The SMILES string of the molecule is Cc1cccc2c(CC(=O)N(CC(C)O)C(C)C)c[nH]c12. The van der Waals surface area contributed by atoms with Gasteiger partial charge < -0.3 is 15.0 Å². The normalized spacial score (nSPS) is 12.9. The van der Waals surface area contributed by atoms with Crippen LogP contribution in [0.25, 0.3) is 10.9 Å². The first-order valence-corrected chi connectivity index (χ1v) is 7.43. The summed E-state index contributed by atoms with van der Waals surface area (Å²) in [5, 5.41) is 10.7. The molecule has 0 fully saturated rings. The Balaban J connectivity index is 2.22. The smallest absolute Gasteiger partial charge is 0.227 e. The van der Waals surface area contributed by atoms with E-state index in [1.165, 1.54) is 5.56 Å². The Morgan fingerprint density at radius 3 is 2.67 bits per heavy atom. The van der Waals surface area contributed by atoms with E-state index in [9.17, 15) is 9.90 Å². The van der Waals surface area contributed by atoms with Crippen molar-refractivity contribution in [2.24, 2.45) is 0 Å². The molecule has 4 heteroatoms. The van der Waals surface area contributed by atoms with Crippen LogP contribution in [0.5, 0.6) is 0 Å². The van der Waals surface area contributed by atoms with Crippen molar-refractivity contribution in [1.82, 2.24) is 9.88 Å². The van der Waals surface area contributed by atoms with E-state index in [1.54, 1.807) is 11.8 Å². The van der Waals surface area contributed by atoms with Crippen LogP contribution >= 0.6 is 0 Å². The fourth-order valence-electron chi connectivity index (χ4n) is 2.66. The molecule has 1 atom stereocenters. The van der Waals surface area contributed by atoms with Gasteiger partial charge in [0.05, 0.1) is 12.5 Å². The van der Waals surface area contributed by atoms with Crippen molar-refractivity contribution in [3.8, 4) is 0 Å². The molecular weight excluding hydrogens is 264 g/mol. The van der Waals surface area contributed by atoms with Crippen molar-refractivity contribution in [2.75, 3.05) is 6.54 Å². The molecule has 21 heavy (non-hydrogen) atoms. The third-order valence-electron chi connectivity index (χ3n) is 3.76. The molecule has 0 aliphatic heterocycles. The van der Waals surface area contributed by atoms with Gasteiger partial charge in [-0.15, -0.1) is 0 Å². The number of H-pyrrole nitrogens is 1. The molecule has 114 valence electrons. The number of para-hydroxylation sites is 1. The van der Waals surface area contributed by atoms with Gasteiger partial charge in [-0.1, -0.05) is 18.2 Å². The predicted octanol–water partition coefficient (Wildman–Crippen LogP) is 2.64. The Kier molecular flexibility index (Phi) is 4.68. The van der Waals surface area contributed by atoms with Gasteiger partial charge in [0.15, 0.2) is 0 Å². The Hall–Kier alpha value is -1.81. The summed E-state index contributed by atoms with van der Waals surface area (Å²) in [5.41, 5.74) is 3.28. The lowest BCUT2D eigenvalue weighted by atomic mass is 10.1. The Bertz CT molecular complexity index is 629. The number of aliphatic hydroxyl groups is 1. The number of hydrogen-bond donors (Lipinski definition) is 2. The van der Waals surface area contributed by atoms with Crippen LogP contribution < -0.4 is 0 Å². The van der Waals surface area contributed by atoms with E-state index in [-0.39, 0.29) is 11.9 Å². The van der Waals surface area contributed by atoms with Gasteiger partial charge in [0, 0.05) is 29.7 Å². The lowest BCUT2D eigenvalue weighted by molar-refractivity contribution is -0.133. The maximum absolute atomic E-state index is 12.5. The number of aromatic nitrogens is 1. The van der Waals surface area contributed by atoms with Crippen molar-refractivity contribution in [2.45, 2.75) is 46.3 Å². The van der Waals surface area contributed by atoms with Gasteiger partial charge in [0.2, 0.25) is 5.91 Å². The van der Waals surface area contributed by atoms with E-state index >= 15 is 0 Å². The number of carbonyl (C=O) groups is 1. The van der Waals surface area contributed by atoms with E-state index in [0.29, 0.717) is 13.0 Å². The minimum Gasteiger partial charge on any atom is -0.392 e. The summed E-state index contributed by atoms with van der Waals surface area (Å²) >= 11 is 0. The van der Waals surface area contributed by atoms with Crippen LogP contribution in [0.15, 0.2) is 24.4 Å². The molecule has 0 spiro atoms. The van der Waals surface area contributed by atoms with Gasteiger partial charge in [0.25, 0.3) is 0 Å². The zero-order chi connectivity index (χ0) is 15.6. The average Bonchev–Trinajstić information content (AvgIpc) is 2.80. The van der Waals surface area contributed by atoms with Gasteiger partial charge >= 0.3 is 0 Å². The molecule has 0 aliphatic carbocycles. The lowest BCUT2D eigenvalue weighted by Crippen LogP contribution is -2.42. The number of nitrogens with zero attached hydrogens (tertiary/aromatic N) is 1. The predicted molar refractivity (Wildman–Crippen MR) is 85.3 cm³/mol. The molecular formula is C17H24N2O2. The van der Waals surface area contributed by atoms with Crippen molar-refractivity contribution in [1.29, 1.82) is 0 Å². The summed E-state index contributed by atoms with van der Waals surface area (Å²) in [6, 6.07) is 6.18. The van der Waals surface area contributed by atoms with Crippen LogP contribution in [0.1, 0.15) is 31.9 Å². The second kappa shape index (κ2) is 6.31. The highest BCUT2D eigenvalue weighted by Gasteiger charge is 2.20. The topological polar surface area (TPSA) is 56.3 Å². The number of aliphatic hydroxyl groups excluding tert-OH is 1. The van der Waals surface area contributed by atoms with Crippen LogP contribution in [-0.4, -0.2) is 39.6 Å². The van der Waals surface area contributed by atoms with E-state index in [1.807, 2.05) is 32.2 Å². The van der Waals surface area contributed by atoms with Crippen molar-refractivity contribution in [3.63, 3.8) is 0 Å². The fourth-order valence-corrected chi connectivity index (χ4v) is 2.66. The van der Waals surface area contributed by atoms with Gasteiger partial charge in [0.1, 0.15) is 0 Å². The average molecular weight is 288 g/mol. The molecule has 1 aromatic carbocycles.